The Labute approximate surface area is 114 Å². The first-order valence-electron chi connectivity index (χ1n) is 5.74. The van der Waals surface area contributed by atoms with Crippen molar-refractivity contribution in [1.82, 2.24) is 10.6 Å². The molecule has 0 aliphatic rings. The number of urea groups is 1. The zero-order valence-electron chi connectivity index (χ0n) is 10.8. The zero-order valence-corrected chi connectivity index (χ0v) is 10.8. The number of carbonyl (C=O) groups excluding carboxylic acids is 3. The number of nitrogens with one attached hydrogen (secondary N) is 2. The first-order valence-corrected chi connectivity index (χ1v) is 5.74. The van der Waals surface area contributed by atoms with Crippen LogP contribution in [-0.2, 0) is 19.1 Å². The molecule has 0 rings (SSSR count). The van der Waals surface area contributed by atoms with E-state index in [1.807, 2.05) is 0 Å². The van der Waals surface area contributed by atoms with Crippen molar-refractivity contribution in [2.45, 2.75) is 18.9 Å². The predicted octanol–water partition coefficient (Wildman–Crippen LogP) is -2.49. The molecule has 20 heavy (non-hydrogen) atoms. The van der Waals surface area contributed by atoms with Gasteiger partial charge in [0.05, 0.1) is 6.61 Å². The van der Waals surface area contributed by atoms with E-state index in [0.29, 0.717) is 0 Å². The van der Waals surface area contributed by atoms with Crippen LogP contribution in [0.1, 0.15) is 12.8 Å². The molecule has 0 aromatic rings. The van der Waals surface area contributed by atoms with E-state index in [0.717, 1.165) is 0 Å². The van der Waals surface area contributed by atoms with E-state index in [1.54, 1.807) is 0 Å². The highest BCUT2D eigenvalue weighted by atomic mass is 16.5. The van der Waals surface area contributed by atoms with E-state index in [-0.39, 0.29) is 32.6 Å². The third kappa shape index (κ3) is 9.65. The Hall–Kier alpha value is -2.36. The van der Waals surface area contributed by atoms with Gasteiger partial charge >= 0.3 is 12.0 Å². The Balaban J connectivity index is 3.92. The van der Waals surface area contributed by atoms with Crippen LogP contribution in [0, 0.1) is 0 Å². The van der Waals surface area contributed by atoms with E-state index in [9.17, 15) is 19.2 Å². The second-order valence-electron chi connectivity index (χ2n) is 3.81. The number of nitrogens with two attached hydrogens (primary N) is 2. The summed E-state index contributed by atoms with van der Waals surface area (Å²) in [5.41, 5.74) is 9.72. The van der Waals surface area contributed by atoms with Crippen LogP contribution in [0.4, 0.5) is 4.79 Å². The summed E-state index contributed by atoms with van der Waals surface area (Å²) < 4.78 is 4.78. The Kier molecular flexibility index (Phi) is 8.43. The molecular weight excluding hydrogens is 272 g/mol. The van der Waals surface area contributed by atoms with Crippen molar-refractivity contribution in [3.8, 4) is 0 Å². The third-order valence-electron chi connectivity index (χ3n) is 2.06. The molecule has 7 N–H and O–H groups in total. The minimum Gasteiger partial charge on any atom is -0.480 e. The Morgan fingerprint density at radius 2 is 1.80 bits per heavy atom. The van der Waals surface area contributed by atoms with Crippen molar-refractivity contribution >= 4 is 23.8 Å². The molecule has 114 valence electrons. The molecule has 0 spiro atoms. The van der Waals surface area contributed by atoms with Gasteiger partial charge in [-0.1, -0.05) is 0 Å². The fourth-order valence-electron chi connectivity index (χ4n) is 1.16. The van der Waals surface area contributed by atoms with Crippen LogP contribution in [-0.4, -0.2) is 54.7 Å². The highest BCUT2D eigenvalue weighted by Crippen LogP contribution is 1.97. The van der Waals surface area contributed by atoms with Crippen molar-refractivity contribution in [3.63, 3.8) is 0 Å². The van der Waals surface area contributed by atoms with Crippen LogP contribution in [0.2, 0.25) is 0 Å². The molecule has 0 bridgehead atoms. The van der Waals surface area contributed by atoms with Gasteiger partial charge in [0.1, 0.15) is 12.6 Å². The smallest absolute Gasteiger partial charge is 0.326 e. The van der Waals surface area contributed by atoms with Crippen molar-refractivity contribution in [1.29, 1.82) is 0 Å². The van der Waals surface area contributed by atoms with Crippen LogP contribution >= 0.6 is 0 Å². The fourth-order valence-corrected chi connectivity index (χ4v) is 1.16. The molecule has 0 unspecified atom stereocenters. The lowest BCUT2D eigenvalue weighted by Crippen LogP contribution is -2.47. The van der Waals surface area contributed by atoms with Crippen LogP contribution < -0.4 is 22.1 Å². The molecule has 0 aliphatic carbocycles. The van der Waals surface area contributed by atoms with Gasteiger partial charge in [0.25, 0.3) is 0 Å². The number of carboxylic acids is 1. The zero-order chi connectivity index (χ0) is 15.5. The maximum Gasteiger partial charge on any atom is 0.326 e. The molecule has 10 heteroatoms. The van der Waals surface area contributed by atoms with Gasteiger partial charge in [0.15, 0.2) is 0 Å². The number of rotatable bonds is 10. The number of ether oxygens (including phenoxy) is 1. The van der Waals surface area contributed by atoms with Gasteiger partial charge < -0.3 is 31.9 Å². The molecule has 0 fully saturated rings. The molecule has 0 radical (unpaired) electrons. The van der Waals surface area contributed by atoms with Gasteiger partial charge in [0.2, 0.25) is 11.8 Å². The monoisotopic (exact) mass is 290 g/mol. The van der Waals surface area contributed by atoms with E-state index in [2.05, 4.69) is 10.6 Å². The molecule has 0 aliphatic heterocycles. The molecule has 0 heterocycles. The Bertz CT molecular complexity index is 373. The quantitative estimate of drug-likeness (QED) is 0.278. The molecule has 0 saturated heterocycles. The molecule has 0 aromatic heterocycles. The lowest BCUT2D eigenvalue weighted by atomic mass is 10.1. The topological polar surface area (TPSA) is 174 Å². The number of aliphatic carboxylic acids is 1. The van der Waals surface area contributed by atoms with Crippen molar-refractivity contribution in [3.05, 3.63) is 0 Å². The van der Waals surface area contributed by atoms with E-state index < -0.39 is 29.9 Å². The Morgan fingerprint density at radius 3 is 2.30 bits per heavy atom. The standard InChI is InChI=1S/C10H18N4O6/c11-7(15)2-1-6(9(17)18)14-10(19)13-3-4-20-5-8(12)16/h6H,1-5H2,(H2,11,15)(H2,12,16)(H,17,18)(H2,13,14,19)/t6-/m0/s1. The Morgan fingerprint density at radius 1 is 1.15 bits per heavy atom. The molecule has 0 saturated carbocycles. The van der Waals surface area contributed by atoms with E-state index >= 15 is 0 Å². The minimum atomic E-state index is -1.27. The summed E-state index contributed by atoms with van der Waals surface area (Å²) in [6, 6.07) is -1.95. The predicted molar refractivity (Wildman–Crippen MR) is 66.4 cm³/mol. The third-order valence-corrected chi connectivity index (χ3v) is 2.06. The summed E-state index contributed by atoms with van der Waals surface area (Å²) in [4.78, 5) is 43.1. The summed E-state index contributed by atoms with van der Waals surface area (Å²) in [7, 11) is 0. The van der Waals surface area contributed by atoms with Crippen molar-refractivity contribution < 1.29 is 29.0 Å². The number of amides is 4. The first-order chi connectivity index (χ1) is 9.32. The lowest BCUT2D eigenvalue weighted by molar-refractivity contribution is -0.139. The second kappa shape index (κ2) is 9.55. The largest absolute Gasteiger partial charge is 0.480 e. The number of hydrogen-bond acceptors (Lipinski definition) is 5. The highest BCUT2D eigenvalue weighted by Gasteiger charge is 2.20. The van der Waals surface area contributed by atoms with Gasteiger partial charge in [-0.15, -0.1) is 0 Å². The van der Waals surface area contributed by atoms with Crippen molar-refractivity contribution in [2.75, 3.05) is 19.8 Å². The number of carbonyl (C=O) groups is 4. The van der Waals surface area contributed by atoms with Gasteiger partial charge in [-0.05, 0) is 6.42 Å². The molecule has 10 nitrogen and oxygen atoms in total. The number of carboxylic acid groups (broad SMARTS) is 1. The minimum absolute atomic E-state index is 0.0510. The lowest BCUT2D eigenvalue weighted by Gasteiger charge is -2.14. The molecule has 0 aromatic carbocycles. The van der Waals surface area contributed by atoms with Crippen LogP contribution in [0.5, 0.6) is 0 Å². The summed E-state index contributed by atoms with van der Waals surface area (Å²) in [6.45, 7) is -0.143. The molecule has 4 amide bonds. The first kappa shape index (κ1) is 17.6. The summed E-state index contributed by atoms with van der Waals surface area (Å²) in [5.74, 6) is -2.56. The highest BCUT2D eigenvalue weighted by molar-refractivity contribution is 5.83. The normalized spacial score (nSPS) is 11.4. The van der Waals surface area contributed by atoms with E-state index in [4.69, 9.17) is 21.3 Å². The average Bonchev–Trinajstić information content (AvgIpc) is 2.32. The van der Waals surface area contributed by atoms with Gasteiger partial charge in [-0.3, -0.25) is 9.59 Å². The maximum absolute atomic E-state index is 11.4. The molecule has 1 atom stereocenters. The summed E-state index contributed by atoms with van der Waals surface area (Å²) >= 11 is 0. The van der Waals surface area contributed by atoms with Gasteiger partial charge in [-0.2, -0.15) is 0 Å². The SMILES string of the molecule is NC(=O)CC[C@H](NC(=O)NCCOCC(N)=O)C(=O)O. The molecular formula is C10H18N4O6. The van der Waals surface area contributed by atoms with Crippen LogP contribution in [0.25, 0.3) is 0 Å². The summed E-state index contributed by atoms with van der Waals surface area (Å²) in [6.07, 6.45) is -0.255. The van der Waals surface area contributed by atoms with Gasteiger partial charge in [0, 0.05) is 13.0 Å². The van der Waals surface area contributed by atoms with E-state index in [1.165, 1.54) is 0 Å². The number of hydrogen-bond donors (Lipinski definition) is 5. The second-order valence-corrected chi connectivity index (χ2v) is 3.81. The summed E-state index contributed by atoms with van der Waals surface area (Å²) in [5, 5.41) is 13.3. The number of primary amides is 2. The van der Waals surface area contributed by atoms with Crippen LogP contribution in [0.15, 0.2) is 0 Å². The maximum atomic E-state index is 11.4. The van der Waals surface area contributed by atoms with Gasteiger partial charge in [-0.25, -0.2) is 9.59 Å². The van der Waals surface area contributed by atoms with Crippen LogP contribution in [0.3, 0.4) is 0 Å². The fraction of sp³-hybridized carbons (Fsp3) is 0.600. The average molecular weight is 290 g/mol. The van der Waals surface area contributed by atoms with Crippen molar-refractivity contribution in [2.24, 2.45) is 11.5 Å².